The number of para-hydroxylation sites is 1. The Morgan fingerprint density at radius 3 is 2.38 bits per heavy atom. The normalized spacial score (nSPS) is 24.4. The summed E-state index contributed by atoms with van der Waals surface area (Å²) < 4.78 is 6.93. The van der Waals surface area contributed by atoms with Crippen molar-refractivity contribution in [1.29, 1.82) is 0 Å². The van der Waals surface area contributed by atoms with E-state index in [1.807, 2.05) is 79.0 Å². The molecule has 176 valence electrons. The van der Waals surface area contributed by atoms with Crippen molar-refractivity contribution in [3.05, 3.63) is 88.1 Å². The molecule has 5 nitrogen and oxygen atoms in total. The van der Waals surface area contributed by atoms with Gasteiger partial charge in [-0.15, -0.1) is 11.3 Å². The average molecular weight is 476 g/mol. The molecule has 6 heteroatoms. The standard InChI is InChI=1S/C28H31N2O3S/c1-20-16-26(34-19-20)24(31)17-30-14-12-21(13-15-30)25(18-30)33-28(32)27(22-8-4-2-5-9-22)29-23-10-6-3-7-11-23/h2-11,16,19,21,25,27,29H,12-15,17-18H2,1H3/q+1. The number of ether oxygens (including phenoxy) is 1. The molecular formula is C28H31N2O3S+. The smallest absolute Gasteiger partial charge is 0.333 e. The maximum Gasteiger partial charge on any atom is 0.333 e. The van der Waals surface area contributed by atoms with E-state index in [-0.39, 0.29) is 17.9 Å². The van der Waals surface area contributed by atoms with Gasteiger partial charge >= 0.3 is 5.97 Å². The van der Waals surface area contributed by atoms with Gasteiger partial charge in [-0.2, -0.15) is 0 Å². The number of Topliss-reactive ketones (excluding diaryl/α,β-unsaturated/α-hetero) is 1. The van der Waals surface area contributed by atoms with E-state index in [4.69, 9.17) is 4.74 Å². The van der Waals surface area contributed by atoms with Crippen LogP contribution in [0.3, 0.4) is 0 Å². The molecule has 0 saturated carbocycles. The number of anilines is 1. The molecule has 6 rings (SSSR count). The Morgan fingerprint density at radius 2 is 1.74 bits per heavy atom. The number of thiophene rings is 1. The molecule has 3 saturated heterocycles. The van der Waals surface area contributed by atoms with E-state index < -0.39 is 6.04 Å². The lowest BCUT2D eigenvalue weighted by atomic mass is 9.83. The molecule has 3 aromatic rings. The van der Waals surface area contributed by atoms with Crippen molar-refractivity contribution in [2.24, 2.45) is 5.92 Å². The highest BCUT2D eigenvalue weighted by molar-refractivity contribution is 7.12. The van der Waals surface area contributed by atoms with Gasteiger partial charge in [0.15, 0.2) is 12.1 Å². The summed E-state index contributed by atoms with van der Waals surface area (Å²) >= 11 is 1.53. The van der Waals surface area contributed by atoms with E-state index in [0.717, 1.165) is 58.7 Å². The number of rotatable bonds is 8. The first kappa shape index (κ1) is 22.8. The van der Waals surface area contributed by atoms with Gasteiger partial charge in [0.1, 0.15) is 13.1 Å². The summed E-state index contributed by atoms with van der Waals surface area (Å²) in [4.78, 5) is 27.3. The Labute approximate surface area is 205 Å². The van der Waals surface area contributed by atoms with E-state index in [0.29, 0.717) is 12.5 Å². The fourth-order valence-corrected chi connectivity index (χ4v) is 6.21. The van der Waals surface area contributed by atoms with Crippen LogP contribution in [-0.2, 0) is 9.53 Å². The summed E-state index contributed by atoms with van der Waals surface area (Å²) in [5.41, 5.74) is 2.89. The van der Waals surface area contributed by atoms with Crippen LogP contribution in [0.4, 0.5) is 5.69 Å². The van der Waals surface area contributed by atoms with E-state index in [1.165, 1.54) is 11.3 Å². The minimum atomic E-state index is -0.580. The van der Waals surface area contributed by atoms with E-state index in [2.05, 4.69) is 5.32 Å². The third-order valence-corrected chi connectivity index (χ3v) is 8.34. The topological polar surface area (TPSA) is 55.4 Å². The summed E-state index contributed by atoms with van der Waals surface area (Å²) in [7, 11) is 0. The molecule has 2 aromatic carbocycles. The summed E-state index contributed by atoms with van der Waals surface area (Å²) in [5.74, 6) is 0.319. The van der Waals surface area contributed by atoms with Crippen molar-refractivity contribution in [3.8, 4) is 0 Å². The van der Waals surface area contributed by atoms with E-state index in [9.17, 15) is 9.59 Å². The molecule has 0 amide bonds. The highest BCUT2D eigenvalue weighted by Crippen LogP contribution is 2.37. The van der Waals surface area contributed by atoms with Gasteiger partial charge in [0, 0.05) is 24.4 Å². The number of esters is 1. The number of hydrogen-bond acceptors (Lipinski definition) is 5. The number of hydrogen-bond donors (Lipinski definition) is 1. The minimum absolute atomic E-state index is 0.156. The van der Waals surface area contributed by atoms with Crippen molar-refractivity contribution >= 4 is 28.8 Å². The molecule has 3 aliphatic heterocycles. The number of carbonyl (C=O) groups excluding carboxylic acids is 2. The summed E-state index contributed by atoms with van der Waals surface area (Å²) in [6.45, 7) is 5.21. The molecule has 1 N–H and O–H groups in total. The highest BCUT2D eigenvalue weighted by atomic mass is 32.1. The van der Waals surface area contributed by atoms with Crippen molar-refractivity contribution in [1.82, 2.24) is 0 Å². The molecule has 2 atom stereocenters. The zero-order valence-electron chi connectivity index (χ0n) is 19.5. The molecule has 2 bridgehead atoms. The number of piperidine rings is 3. The third kappa shape index (κ3) is 4.93. The summed E-state index contributed by atoms with van der Waals surface area (Å²) in [5, 5.41) is 5.39. The van der Waals surface area contributed by atoms with Crippen molar-refractivity contribution in [2.75, 3.05) is 31.5 Å². The minimum Gasteiger partial charge on any atom is -0.454 e. The Hall–Kier alpha value is -2.96. The summed E-state index contributed by atoms with van der Waals surface area (Å²) in [6, 6.07) is 20.9. The molecule has 4 heterocycles. The molecule has 0 aliphatic carbocycles. The van der Waals surface area contributed by atoms with E-state index in [1.54, 1.807) is 0 Å². The van der Waals surface area contributed by atoms with Crippen LogP contribution in [0.1, 0.15) is 39.7 Å². The Balaban J connectivity index is 1.31. The number of fused-ring (bicyclic) bond motifs is 3. The highest BCUT2D eigenvalue weighted by Gasteiger charge is 2.49. The monoisotopic (exact) mass is 475 g/mol. The molecule has 34 heavy (non-hydrogen) atoms. The van der Waals surface area contributed by atoms with E-state index >= 15 is 0 Å². The summed E-state index contributed by atoms with van der Waals surface area (Å²) in [6.07, 6.45) is 1.84. The van der Waals surface area contributed by atoms with Gasteiger partial charge in [0.2, 0.25) is 5.78 Å². The molecule has 3 aliphatic rings. The van der Waals surface area contributed by atoms with Gasteiger partial charge in [-0.3, -0.25) is 4.79 Å². The molecule has 1 aromatic heterocycles. The van der Waals surface area contributed by atoms with Crippen LogP contribution in [0.5, 0.6) is 0 Å². The second-order valence-electron chi connectivity index (χ2n) is 9.71. The number of quaternary nitrogens is 1. The van der Waals surface area contributed by atoms with Crippen LogP contribution in [0, 0.1) is 12.8 Å². The Bertz CT molecular complexity index is 1140. The number of ketones is 1. The second kappa shape index (κ2) is 9.72. The van der Waals surface area contributed by atoms with Crippen molar-refractivity contribution < 1.29 is 18.8 Å². The van der Waals surface area contributed by atoms with Crippen LogP contribution in [-0.4, -0.2) is 48.5 Å². The number of aryl methyl sites for hydroxylation is 1. The van der Waals surface area contributed by atoms with Gasteiger partial charge in [0.05, 0.1) is 18.0 Å². The molecule has 3 fully saturated rings. The van der Waals surface area contributed by atoms with Gasteiger partial charge < -0.3 is 14.5 Å². The van der Waals surface area contributed by atoms with Crippen molar-refractivity contribution in [2.45, 2.75) is 31.9 Å². The lowest BCUT2D eigenvalue weighted by Gasteiger charge is -2.51. The number of nitrogens with zero attached hydrogens (tertiary/aromatic N) is 1. The number of benzene rings is 2. The molecule has 0 spiro atoms. The third-order valence-electron chi connectivity index (χ3n) is 7.25. The van der Waals surface area contributed by atoms with Crippen LogP contribution in [0.2, 0.25) is 0 Å². The zero-order chi connectivity index (χ0) is 23.5. The van der Waals surface area contributed by atoms with Crippen molar-refractivity contribution in [3.63, 3.8) is 0 Å². The van der Waals surface area contributed by atoms with Crippen LogP contribution in [0.15, 0.2) is 72.1 Å². The average Bonchev–Trinajstić information content (AvgIpc) is 3.31. The second-order valence-corrected chi connectivity index (χ2v) is 10.6. The van der Waals surface area contributed by atoms with Gasteiger partial charge in [-0.1, -0.05) is 48.5 Å². The predicted molar refractivity (Wildman–Crippen MR) is 135 cm³/mol. The maximum absolute atomic E-state index is 13.5. The van der Waals surface area contributed by atoms with Gasteiger partial charge in [-0.05, 0) is 41.6 Å². The Kier molecular flexibility index (Phi) is 6.53. The SMILES string of the molecule is Cc1csc(C(=O)C[N+]23CCC(CC2)C(OC(=O)C(Nc2ccccc2)c2ccccc2)C3)c1. The lowest BCUT2D eigenvalue weighted by Crippen LogP contribution is -2.65. The van der Waals surface area contributed by atoms with Gasteiger partial charge in [0.25, 0.3) is 0 Å². The molecule has 0 radical (unpaired) electrons. The molecular weight excluding hydrogens is 444 g/mol. The van der Waals surface area contributed by atoms with Crippen LogP contribution in [0.25, 0.3) is 0 Å². The first-order chi connectivity index (χ1) is 16.5. The first-order valence-corrected chi connectivity index (χ1v) is 12.9. The zero-order valence-corrected chi connectivity index (χ0v) is 20.3. The van der Waals surface area contributed by atoms with Crippen LogP contribution < -0.4 is 5.32 Å². The quantitative estimate of drug-likeness (QED) is 0.275. The first-order valence-electron chi connectivity index (χ1n) is 12.0. The largest absolute Gasteiger partial charge is 0.454 e. The predicted octanol–water partition coefficient (Wildman–Crippen LogP) is 5.24. The molecule has 2 unspecified atom stereocenters. The lowest BCUT2D eigenvalue weighted by molar-refractivity contribution is -0.938. The Morgan fingerprint density at radius 1 is 1.06 bits per heavy atom. The number of carbonyl (C=O) groups is 2. The van der Waals surface area contributed by atoms with Crippen LogP contribution >= 0.6 is 11.3 Å². The fraction of sp³-hybridized carbons (Fsp3) is 0.357. The van der Waals surface area contributed by atoms with Gasteiger partial charge in [-0.25, -0.2) is 4.79 Å². The fourth-order valence-electron chi connectivity index (χ4n) is 5.38. The number of nitrogens with one attached hydrogen (secondary N) is 1. The maximum atomic E-state index is 13.5.